The molecule has 0 N–H and O–H groups in total. The summed E-state index contributed by atoms with van der Waals surface area (Å²) in [4.78, 5) is 22.8. The van der Waals surface area contributed by atoms with Crippen LogP contribution in [0, 0.1) is 0 Å². The van der Waals surface area contributed by atoms with Gasteiger partial charge in [-0.25, -0.2) is 4.79 Å². The lowest BCUT2D eigenvalue weighted by Gasteiger charge is -1.98. The molecule has 0 atom stereocenters. The molecule has 0 aliphatic carbocycles. The van der Waals surface area contributed by atoms with E-state index in [9.17, 15) is 9.59 Å². The van der Waals surface area contributed by atoms with Crippen molar-refractivity contribution in [3.63, 3.8) is 0 Å². The summed E-state index contributed by atoms with van der Waals surface area (Å²) >= 11 is 8.86. The second kappa shape index (κ2) is 4.43. The maximum atomic E-state index is 11.5. The molecular formula is C10H7BrClNO3. The number of carbonyl (C=O) groups excluding carboxylic acids is 1. The number of hydrogen-bond acceptors (Lipinski definition) is 3. The molecule has 0 amide bonds. The third-order valence-corrected chi connectivity index (χ3v) is 2.97. The van der Waals surface area contributed by atoms with Gasteiger partial charge in [-0.1, -0.05) is 27.5 Å². The number of fused-ring (bicyclic) bond motifs is 1. The van der Waals surface area contributed by atoms with E-state index in [4.69, 9.17) is 16.0 Å². The summed E-state index contributed by atoms with van der Waals surface area (Å²) in [7, 11) is 0. The molecule has 0 saturated carbocycles. The summed E-state index contributed by atoms with van der Waals surface area (Å²) in [6, 6.07) is 4.83. The van der Waals surface area contributed by atoms with Gasteiger partial charge in [0.1, 0.15) is 0 Å². The van der Waals surface area contributed by atoms with Gasteiger partial charge in [0, 0.05) is 5.02 Å². The Bertz CT molecular complexity index is 602. The Kier molecular flexibility index (Phi) is 3.16. The average molecular weight is 305 g/mol. The molecule has 1 aromatic carbocycles. The number of hydrogen-bond donors (Lipinski definition) is 0. The van der Waals surface area contributed by atoms with E-state index in [1.54, 1.807) is 18.2 Å². The van der Waals surface area contributed by atoms with E-state index in [1.807, 2.05) is 0 Å². The summed E-state index contributed by atoms with van der Waals surface area (Å²) in [5.41, 5.74) is 0.962. The molecule has 0 fully saturated rings. The van der Waals surface area contributed by atoms with Gasteiger partial charge in [0.15, 0.2) is 11.4 Å². The van der Waals surface area contributed by atoms with Gasteiger partial charge in [-0.3, -0.25) is 9.36 Å². The Hall–Kier alpha value is -1.07. The van der Waals surface area contributed by atoms with E-state index >= 15 is 0 Å². The maximum absolute atomic E-state index is 11.5. The van der Waals surface area contributed by atoms with E-state index in [0.717, 1.165) is 0 Å². The number of alkyl halides is 1. The van der Waals surface area contributed by atoms with Crippen molar-refractivity contribution in [3.05, 3.63) is 33.8 Å². The normalized spacial score (nSPS) is 10.9. The molecule has 0 bridgehead atoms. The molecule has 4 nitrogen and oxygen atoms in total. The predicted octanol–water partition coefficient (Wildman–Crippen LogP) is 2.21. The number of halogens is 2. The third kappa shape index (κ3) is 2.05. The highest BCUT2D eigenvalue weighted by Gasteiger charge is 2.12. The highest BCUT2D eigenvalue weighted by molar-refractivity contribution is 9.09. The number of benzene rings is 1. The second-order valence-corrected chi connectivity index (χ2v) is 4.24. The summed E-state index contributed by atoms with van der Waals surface area (Å²) in [6.45, 7) is -0.0164. The number of ketones is 1. The largest absolute Gasteiger partial charge is 0.420 e. The number of rotatable bonds is 3. The van der Waals surface area contributed by atoms with Gasteiger partial charge >= 0.3 is 5.76 Å². The van der Waals surface area contributed by atoms with Crippen molar-refractivity contribution in [3.8, 4) is 0 Å². The third-order valence-electron chi connectivity index (χ3n) is 2.11. The van der Waals surface area contributed by atoms with Crippen LogP contribution in [0.4, 0.5) is 0 Å². The van der Waals surface area contributed by atoms with Crippen LogP contribution in [-0.2, 0) is 11.3 Å². The molecule has 0 unspecified atom stereocenters. The molecule has 0 radical (unpaired) electrons. The molecule has 0 aliphatic rings. The summed E-state index contributed by atoms with van der Waals surface area (Å²) < 4.78 is 6.25. The predicted molar refractivity (Wildman–Crippen MR) is 64.3 cm³/mol. The lowest BCUT2D eigenvalue weighted by atomic mass is 10.3. The van der Waals surface area contributed by atoms with Crippen LogP contribution < -0.4 is 5.76 Å². The number of oxazole rings is 1. The molecule has 1 aromatic heterocycles. The van der Waals surface area contributed by atoms with Crippen LogP contribution in [0.1, 0.15) is 0 Å². The first-order valence-electron chi connectivity index (χ1n) is 4.48. The van der Waals surface area contributed by atoms with Crippen LogP contribution in [0.3, 0.4) is 0 Å². The van der Waals surface area contributed by atoms with Crippen molar-refractivity contribution in [2.24, 2.45) is 0 Å². The zero-order valence-electron chi connectivity index (χ0n) is 8.07. The van der Waals surface area contributed by atoms with E-state index in [-0.39, 0.29) is 17.7 Å². The lowest BCUT2D eigenvalue weighted by Crippen LogP contribution is -2.20. The van der Waals surface area contributed by atoms with E-state index in [2.05, 4.69) is 15.9 Å². The van der Waals surface area contributed by atoms with Gasteiger partial charge in [0.05, 0.1) is 17.4 Å². The van der Waals surface area contributed by atoms with Gasteiger partial charge in [-0.05, 0) is 18.2 Å². The zero-order chi connectivity index (χ0) is 11.7. The second-order valence-electron chi connectivity index (χ2n) is 3.24. The number of nitrogens with zero attached hydrogens (tertiary/aromatic N) is 1. The van der Waals surface area contributed by atoms with Crippen molar-refractivity contribution in [1.29, 1.82) is 0 Å². The van der Waals surface area contributed by atoms with Gasteiger partial charge in [-0.15, -0.1) is 0 Å². The van der Waals surface area contributed by atoms with Crippen molar-refractivity contribution in [2.75, 3.05) is 5.33 Å². The topological polar surface area (TPSA) is 52.2 Å². The summed E-state index contributed by atoms with van der Waals surface area (Å²) in [6.07, 6.45) is 0. The highest BCUT2D eigenvalue weighted by Crippen LogP contribution is 2.18. The summed E-state index contributed by atoms with van der Waals surface area (Å²) in [5, 5.41) is 0.695. The van der Waals surface area contributed by atoms with Crippen molar-refractivity contribution in [2.45, 2.75) is 6.54 Å². The molecule has 2 aromatic rings. The van der Waals surface area contributed by atoms with Crippen LogP contribution in [0.5, 0.6) is 0 Å². The van der Waals surface area contributed by atoms with Gasteiger partial charge < -0.3 is 4.42 Å². The molecule has 0 aliphatic heterocycles. The van der Waals surface area contributed by atoms with E-state index < -0.39 is 5.76 Å². The van der Waals surface area contributed by atoms with Gasteiger partial charge in [0.2, 0.25) is 0 Å². The molecule has 0 saturated heterocycles. The van der Waals surface area contributed by atoms with E-state index in [0.29, 0.717) is 16.1 Å². The molecule has 84 valence electrons. The van der Waals surface area contributed by atoms with Crippen LogP contribution in [0.25, 0.3) is 11.1 Å². The van der Waals surface area contributed by atoms with Crippen molar-refractivity contribution >= 4 is 44.4 Å². The van der Waals surface area contributed by atoms with Gasteiger partial charge in [-0.2, -0.15) is 0 Å². The fourth-order valence-corrected chi connectivity index (χ4v) is 1.75. The minimum atomic E-state index is -0.549. The molecule has 16 heavy (non-hydrogen) atoms. The Morgan fingerprint density at radius 3 is 2.94 bits per heavy atom. The Labute approximate surface area is 104 Å². The zero-order valence-corrected chi connectivity index (χ0v) is 10.4. The van der Waals surface area contributed by atoms with Crippen LogP contribution >= 0.6 is 27.5 Å². The Balaban J connectivity index is 2.58. The molecule has 1 heterocycles. The molecular weight excluding hydrogens is 297 g/mol. The van der Waals surface area contributed by atoms with Crippen molar-refractivity contribution < 1.29 is 9.21 Å². The minimum Gasteiger partial charge on any atom is -0.408 e. The minimum absolute atomic E-state index is 0.0164. The Morgan fingerprint density at radius 2 is 2.25 bits per heavy atom. The number of aromatic nitrogens is 1. The first-order chi connectivity index (χ1) is 7.61. The summed E-state index contributed by atoms with van der Waals surface area (Å²) in [5.74, 6) is -0.656. The maximum Gasteiger partial charge on any atom is 0.420 e. The standard InChI is InChI=1S/C10H7BrClNO3/c11-4-7(14)5-13-8-3-6(12)1-2-9(8)16-10(13)15/h1-3H,4-5H2. The first kappa shape index (κ1) is 11.4. The number of Topliss-reactive ketones (excluding diaryl/α,β-unsaturated/α-hetero) is 1. The average Bonchev–Trinajstić information content (AvgIpc) is 2.55. The highest BCUT2D eigenvalue weighted by atomic mass is 79.9. The van der Waals surface area contributed by atoms with Crippen LogP contribution in [0.2, 0.25) is 5.02 Å². The molecule has 6 heteroatoms. The monoisotopic (exact) mass is 303 g/mol. The molecule has 0 spiro atoms. The van der Waals surface area contributed by atoms with Gasteiger partial charge in [0.25, 0.3) is 0 Å². The quantitative estimate of drug-likeness (QED) is 0.817. The smallest absolute Gasteiger partial charge is 0.408 e. The van der Waals surface area contributed by atoms with Crippen molar-refractivity contribution in [1.82, 2.24) is 4.57 Å². The van der Waals surface area contributed by atoms with Crippen LogP contribution in [0.15, 0.2) is 27.4 Å². The van der Waals surface area contributed by atoms with E-state index in [1.165, 1.54) is 4.57 Å². The first-order valence-corrected chi connectivity index (χ1v) is 5.98. The lowest BCUT2D eigenvalue weighted by molar-refractivity contribution is -0.117. The molecule has 2 rings (SSSR count). The van der Waals surface area contributed by atoms with Crippen LogP contribution in [-0.4, -0.2) is 15.7 Å². The number of carbonyl (C=O) groups is 1. The Morgan fingerprint density at radius 1 is 1.50 bits per heavy atom. The fraction of sp³-hybridized carbons (Fsp3) is 0.200. The SMILES string of the molecule is O=C(CBr)Cn1c(=O)oc2ccc(Cl)cc21. The fourth-order valence-electron chi connectivity index (χ4n) is 1.40.